The third kappa shape index (κ3) is 4.88. The summed E-state index contributed by atoms with van der Waals surface area (Å²) < 4.78 is 10.6. The first-order valence-electron chi connectivity index (χ1n) is 10.2. The van der Waals surface area contributed by atoms with E-state index in [9.17, 15) is 9.59 Å². The zero-order valence-electron chi connectivity index (χ0n) is 17.6. The van der Waals surface area contributed by atoms with Gasteiger partial charge in [0.15, 0.2) is 0 Å². The van der Waals surface area contributed by atoms with Crippen LogP contribution in [0.1, 0.15) is 28.2 Å². The highest BCUT2D eigenvalue weighted by Gasteiger charge is 2.21. The lowest BCUT2D eigenvalue weighted by Crippen LogP contribution is -2.27. The molecule has 1 amide bonds. The molecule has 2 aromatic heterocycles. The van der Waals surface area contributed by atoms with Crippen LogP contribution < -0.4 is 20.3 Å². The number of fused-ring (bicyclic) bond motifs is 3. The number of carbonyl (C=O) groups excluding carboxylic acids is 1. The molecule has 9 heteroatoms. The van der Waals surface area contributed by atoms with Crippen LogP contribution in [0.3, 0.4) is 0 Å². The highest BCUT2D eigenvalue weighted by Crippen LogP contribution is 2.34. The summed E-state index contributed by atoms with van der Waals surface area (Å²) in [4.78, 5) is 34.3. The van der Waals surface area contributed by atoms with Gasteiger partial charge in [0.2, 0.25) is 5.91 Å². The van der Waals surface area contributed by atoms with Crippen molar-refractivity contribution in [3.05, 3.63) is 50.4 Å². The van der Waals surface area contributed by atoms with Crippen molar-refractivity contribution in [1.82, 2.24) is 15.3 Å². The number of aryl methyl sites for hydroxylation is 2. The molecule has 2 heterocycles. The van der Waals surface area contributed by atoms with E-state index in [2.05, 4.69) is 15.3 Å². The second-order valence-corrected chi connectivity index (χ2v) is 9.39. The Labute approximate surface area is 188 Å². The number of ether oxygens (including phenoxy) is 2. The summed E-state index contributed by atoms with van der Waals surface area (Å²) in [6.45, 7) is 0.518. The van der Waals surface area contributed by atoms with Crippen LogP contribution in [0.4, 0.5) is 0 Å². The fraction of sp³-hybridized carbons (Fsp3) is 0.409. The number of thiophene rings is 1. The van der Waals surface area contributed by atoms with E-state index < -0.39 is 0 Å². The molecule has 1 aromatic carbocycles. The number of hydrogen-bond acceptors (Lipinski definition) is 7. The molecule has 0 saturated heterocycles. The minimum absolute atomic E-state index is 0.0454. The average molecular weight is 460 g/mol. The number of H-pyrrole nitrogens is 1. The van der Waals surface area contributed by atoms with Gasteiger partial charge in [-0.3, -0.25) is 9.59 Å². The summed E-state index contributed by atoms with van der Waals surface area (Å²) in [5.41, 5.74) is 2.13. The highest BCUT2D eigenvalue weighted by molar-refractivity contribution is 7.99. The Balaban J connectivity index is 1.26. The predicted octanol–water partition coefficient (Wildman–Crippen LogP) is 3.08. The molecule has 1 aliphatic carbocycles. The lowest BCUT2D eigenvalue weighted by Gasteiger charge is -2.11. The van der Waals surface area contributed by atoms with Gasteiger partial charge in [-0.2, -0.15) is 0 Å². The summed E-state index contributed by atoms with van der Waals surface area (Å²) >= 11 is 3.07. The molecule has 31 heavy (non-hydrogen) atoms. The number of nitrogens with one attached hydrogen (secondary N) is 2. The third-order valence-electron chi connectivity index (χ3n) is 5.31. The summed E-state index contributed by atoms with van der Waals surface area (Å²) in [6.07, 6.45) is 3.80. The number of amides is 1. The third-order valence-corrected chi connectivity index (χ3v) is 7.44. The molecule has 0 spiro atoms. The monoisotopic (exact) mass is 459 g/mol. The van der Waals surface area contributed by atoms with E-state index in [0.29, 0.717) is 30.3 Å². The lowest BCUT2D eigenvalue weighted by molar-refractivity contribution is -0.118. The van der Waals surface area contributed by atoms with Crippen LogP contribution in [0.5, 0.6) is 11.5 Å². The SMILES string of the molecule is COc1ccc(CCNC(=O)CSCc2nc3sc4c(c3c(=O)[nH]2)CCC4)c(OC)c1. The van der Waals surface area contributed by atoms with Gasteiger partial charge in [0.05, 0.1) is 31.1 Å². The molecule has 4 rings (SSSR count). The summed E-state index contributed by atoms with van der Waals surface area (Å²) in [5.74, 6) is 2.86. The Morgan fingerprint density at radius 1 is 1.29 bits per heavy atom. The summed E-state index contributed by atoms with van der Waals surface area (Å²) in [5, 5.41) is 3.69. The Morgan fingerprint density at radius 2 is 2.16 bits per heavy atom. The quantitative estimate of drug-likeness (QED) is 0.511. The van der Waals surface area contributed by atoms with E-state index in [1.807, 2.05) is 18.2 Å². The molecule has 3 aromatic rings. The topological polar surface area (TPSA) is 93.3 Å². The number of aromatic nitrogens is 2. The van der Waals surface area contributed by atoms with Crippen molar-refractivity contribution in [3.8, 4) is 11.5 Å². The second-order valence-electron chi connectivity index (χ2n) is 7.32. The maximum absolute atomic E-state index is 12.5. The van der Waals surface area contributed by atoms with Gasteiger partial charge >= 0.3 is 0 Å². The van der Waals surface area contributed by atoms with Crippen molar-refractivity contribution >= 4 is 39.2 Å². The molecule has 0 saturated carbocycles. The maximum atomic E-state index is 12.5. The Hall–Kier alpha value is -2.52. The van der Waals surface area contributed by atoms with Gasteiger partial charge < -0.3 is 19.8 Å². The molecule has 0 atom stereocenters. The average Bonchev–Trinajstić information content (AvgIpc) is 3.34. The van der Waals surface area contributed by atoms with E-state index in [0.717, 1.165) is 46.5 Å². The largest absolute Gasteiger partial charge is 0.497 e. The fourth-order valence-corrected chi connectivity index (χ4v) is 5.80. The predicted molar refractivity (Wildman–Crippen MR) is 125 cm³/mol. The molecule has 1 aliphatic rings. The standard InChI is InChI=1S/C22H25N3O4S2/c1-28-14-7-6-13(16(10-14)29-2)8-9-23-19(26)12-30-11-18-24-21(27)20-15-4-3-5-17(15)31-22(20)25-18/h6-7,10H,3-5,8-9,11-12H2,1-2H3,(H,23,26)(H,24,25,27). The van der Waals surface area contributed by atoms with E-state index in [-0.39, 0.29) is 11.5 Å². The van der Waals surface area contributed by atoms with Gasteiger partial charge in [-0.25, -0.2) is 4.98 Å². The molecule has 2 N–H and O–H groups in total. The van der Waals surface area contributed by atoms with Crippen molar-refractivity contribution in [2.75, 3.05) is 26.5 Å². The number of benzene rings is 1. The number of hydrogen-bond donors (Lipinski definition) is 2. The van der Waals surface area contributed by atoms with E-state index >= 15 is 0 Å². The van der Waals surface area contributed by atoms with Crippen LogP contribution in [0.15, 0.2) is 23.0 Å². The van der Waals surface area contributed by atoms with Crippen molar-refractivity contribution in [2.45, 2.75) is 31.4 Å². The van der Waals surface area contributed by atoms with Gasteiger partial charge in [-0.15, -0.1) is 23.1 Å². The molecular formula is C22H25N3O4S2. The molecule has 164 valence electrons. The van der Waals surface area contributed by atoms with Crippen LogP contribution >= 0.6 is 23.1 Å². The molecular weight excluding hydrogens is 434 g/mol. The molecule has 0 fully saturated rings. The van der Waals surface area contributed by atoms with Crippen LogP contribution in [-0.2, 0) is 29.8 Å². The Bertz CT molecular complexity index is 1160. The van der Waals surface area contributed by atoms with Crippen LogP contribution in [0, 0.1) is 0 Å². The number of methoxy groups -OCH3 is 2. The van der Waals surface area contributed by atoms with Crippen molar-refractivity contribution in [3.63, 3.8) is 0 Å². The molecule has 0 unspecified atom stereocenters. The number of carbonyl (C=O) groups is 1. The minimum Gasteiger partial charge on any atom is -0.497 e. The molecule has 0 aliphatic heterocycles. The second kappa shape index (κ2) is 9.74. The summed E-state index contributed by atoms with van der Waals surface area (Å²) in [6, 6.07) is 5.65. The summed E-state index contributed by atoms with van der Waals surface area (Å²) in [7, 11) is 3.23. The first-order valence-corrected chi connectivity index (χ1v) is 12.1. The first-order chi connectivity index (χ1) is 15.1. The molecule has 0 radical (unpaired) electrons. The van der Waals surface area contributed by atoms with E-state index in [1.54, 1.807) is 25.6 Å². The highest BCUT2D eigenvalue weighted by atomic mass is 32.2. The van der Waals surface area contributed by atoms with Crippen molar-refractivity contribution < 1.29 is 14.3 Å². The van der Waals surface area contributed by atoms with Crippen molar-refractivity contribution in [1.29, 1.82) is 0 Å². The first kappa shape index (κ1) is 21.7. The van der Waals surface area contributed by atoms with E-state index in [4.69, 9.17) is 9.47 Å². The number of aromatic amines is 1. The van der Waals surface area contributed by atoms with E-state index in [1.165, 1.54) is 22.2 Å². The zero-order chi connectivity index (χ0) is 21.8. The number of rotatable bonds is 9. The van der Waals surface area contributed by atoms with Crippen LogP contribution in [0.2, 0.25) is 0 Å². The number of thioether (sulfide) groups is 1. The fourth-order valence-electron chi connectivity index (χ4n) is 3.80. The smallest absolute Gasteiger partial charge is 0.259 e. The Morgan fingerprint density at radius 3 is 2.97 bits per heavy atom. The Kier molecular flexibility index (Phi) is 6.82. The normalized spacial score (nSPS) is 12.7. The zero-order valence-corrected chi connectivity index (χ0v) is 19.2. The van der Waals surface area contributed by atoms with Gasteiger partial charge in [-0.1, -0.05) is 6.07 Å². The molecule has 7 nitrogen and oxygen atoms in total. The molecule has 0 bridgehead atoms. The van der Waals surface area contributed by atoms with Crippen LogP contribution in [-0.4, -0.2) is 42.4 Å². The van der Waals surface area contributed by atoms with Gasteiger partial charge in [-0.05, 0) is 42.9 Å². The minimum atomic E-state index is -0.0575. The van der Waals surface area contributed by atoms with Gasteiger partial charge in [0.1, 0.15) is 22.2 Å². The van der Waals surface area contributed by atoms with Crippen LogP contribution in [0.25, 0.3) is 10.2 Å². The number of nitrogens with zero attached hydrogens (tertiary/aromatic N) is 1. The maximum Gasteiger partial charge on any atom is 0.259 e. The van der Waals surface area contributed by atoms with Gasteiger partial charge in [0.25, 0.3) is 5.56 Å². The van der Waals surface area contributed by atoms with Gasteiger partial charge in [0, 0.05) is 17.5 Å². The lowest BCUT2D eigenvalue weighted by atomic mass is 10.1. The van der Waals surface area contributed by atoms with Crippen molar-refractivity contribution in [2.24, 2.45) is 0 Å².